The summed E-state index contributed by atoms with van der Waals surface area (Å²) in [4.78, 5) is 27.0. The highest BCUT2D eigenvalue weighted by atomic mass is 16.6. The van der Waals surface area contributed by atoms with Gasteiger partial charge in [0.15, 0.2) is 12.3 Å². The number of carbonyl (C=O) groups is 2. The summed E-state index contributed by atoms with van der Waals surface area (Å²) in [6, 6.07) is 13.7. The van der Waals surface area contributed by atoms with Gasteiger partial charge in [-0.1, -0.05) is 18.2 Å². The quantitative estimate of drug-likeness (QED) is 0.633. The van der Waals surface area contributed by atoms with Crippen LogP contribution in [0.25, 0.3) is 6.08 Å². The first kappa shape index (κ1) is 17.2. The minimum atomic E-state index is -1.09. The molecule has 3 rings (SSSR count). The Hall–Kier alpha value is -3.61. The molecule has 1 N–H and O–H groups in total. The zero-order chi connectivity index (χ0) is 18.5. The predicted octanol–water partition coefficient (Wildman–Crippen LogP) is 2.50. The van der Waals surface area contributed by atoms with Crippen LogP contribution < -0.4 is 9.47 Å². The standard InChI is InChI=1S/C19H15NO6/c1-24-14-8-6-12(7-9-14)18-20-15(19(23)26-18)10-13-4-2-3-5-16(13)25-11-17(21)22/h2-10H,11H2,1H3,(H,21,22)/b15-10-. The number of hydrogen-bond donors (Lipinski definition) is 1. The second-order valence-electron chi connectivity index (χ2n) is 5.28. The fourth-order valence-corrected chi connectivity index (χ4v) is 2.28. The molecular weight excluding hydrogens is 338 g/mol. The number of cyclic esters (lactones) is 1. The van der Waals surface area contributed by atoms with Crippen LogP contribution in [0.3, 0.4) is 0 Å². The van der Waals surface area contributed by atoms with Crippen molar-refractivity contribution < 1.29 is 28.9 Å². The maximum Gasteiger partial charge on any atom is 0.363 e. The average Bonchev–Trinajstić information content (AvgIpc) is 3.01. The van der Waals surface area contributed by atoms with Crippen molar-refractivity contribution >= 4 is 23.9 Å². The van der Waals surface area contributed by atoms with E-state index < -0.39 is 18.5 Å². The van der Waals surface area contributed by atoms with Gasteiger partial charge in [-0.15, -0.1) is 0 Å². The van der Waals surface area contributed by atoms with Crippen molar-refractivity contribution in [2.45, 2.75) is 0 Å². The molecule has 26 heavy (non-hydrogen) atoms. The SMILES string of the molecule is COc1ccc(C2=N/C(=C\c3ccccc3OCC(=O)O)C(=O)O2)cc1. The van der Waals surface area contributed by atoms with Crippen molar-refractivity contribution in [3.63, 3.8) is 0 Å². The zero-order valence-corrected chi connectivity index (χ0v) is 13.8. The molecule has 1 aliphatic heterocycles. The number of nitrogens with zero attached hydrogens (tertiary/aromatic N) is 1. The van der Waals surface area contributed by atoms with Gasteiger partial charge in [-0.05, 0) is 36.4 Å². The Morgan fingerprint density at radius 2 is 1.92 bits per heavy atom. The lowest BCUT2D eigenvalue weighted by molar-refractivity contribution is -0.139. The van der Waals surface area contributed by atoms with Crippen LogP contribution in [-0.2, 0) is 14.3 Å². The van der Waals surface area contributed by atoms with E-state index in [2.05, 4.69) is 4.99 Å². The highest BCUT2D eigenvalue weighted by Crippen LogP contribution is 2.25. The minimum Gasteiger partial charge on any atom is -0.497 e. The van der Waals surface area contributed by atoms with Crippen molar-refractivity contribution in [1.82, 2.24) is 0 Å². The van der Waals surface area contributed by atoms with Gasteiger partial charge in [0, 0.05) is 11.1 Å². The highest BCUT2D eigenvalue weighted by Gasteiger charge is 2.24. The Bertz CT molecular complexity index is 899. The molecule has 2 aromatic carbocycles. The van der Waals surface area contributed by atoms with Gasteiger partial charge >= 0.3 is 11.9 Å². The summed E-state index contributed by atoms with van der Waals surface area (Å²) in [7, 11) is 1.56. The molecule has 0 amide bonds. The lowest BCUT2D eigenvalue weighted by Crippen LogP contribution is -2.10. The first-order valence-electron chi connectivity index (χ1n) is 7.67. The number of carboxylic acids is 1. The summed E-state index contributed by atoms with van der Waals surface area (Å²) in [5.74, 6) is -0.480. The largest absolute Gasteiger partial charge is 0.497 e. The van der Waals surface area contributed by atoms with Crippen molar-refractivity contribution in [2.75, 3.05) is 13.7 Å². The Morgan fingerprint density at radius 3 is 2.62 bits per heavy atom. The van der Waals surface area contributed by atoms with Crippen molar-refractivity contribution in [3.8, 4) is 11.5 Å². The molecule has 132 valence electrons. The number of carbonyl (C=O) groups excluding carboxylic acids is 1. The molecule has 0 fully saturated rings. The number of esters is 1. The number of hydrogen-bond acceptors (Lipinski definition) is 6. The third-order valence-corrected chi connectivity index (χ3v) is 3.52. The smallest absolute Gasteiger partial charge is 0.363 e. The molecule has 0 spiro atoms. The monoisotopic (exact) mass is 353 g/mol. The second-order valence-corrected chi connectivity index (χ2v) is 5.28. The first-order chi connectivity index (χ1) is 12.6. The van der Waals surface area contributed by atoms with E-state index in [4.69, 9.17) is 19.3 Å². The Kier molecular flexibility index (Phi) is 4.98. The second kappa shape index (κ2) is 7.52. The van der Waals surface area contributed by atoms with Gasteiger partial charge in [0.05, 0.1) is 7.11 Å². The van der Waals surface area contributed by atoms with E-state index in [-0.39, 0.29) is 11.6 Å². The van der Waals surface area contributed by atoms with E-state index in [9.17, 15) is 9.59 Å². The number of aliphatic carboxylic acids is 1. The minimum absolute atomic E-state index is 0.0993. The van der Waals surface area contributed by atoms with Gasteiger partial charge in [0.2, 0.25) is 5.90 Å². The summed E-state index contributed by atoms with van der Waals surface area (Å²) in [5.41, 5.74) is 1.26. The number of rotatable bonds is 6. The summed E-state index contributed by atoms with van der Waals surface area (Å²) >= 11 is 0. The maximum absolute atomic E-state index is 12.1. The first-order valence-corrected chi connectivity index (χ1v) is 7.67. The van der Waals surface area contributed by atoms with E-state index in [0.717, 1.165) is 0 Å². The van der Waals surface area contributed by atoms with E-state index >= 15 is 0 Å². The van der Waals surface area contributed by atoms with Crippen molar-refractivity contribution in [2.24, 2.45) is 4.99 Å². The molecule has 0 atom stereocenters. The molecule has 7 heteroatoms. The lowest BCUT2D eigenvalue weighted by Gasteiger charge is -2.06. The van der Waals surface area contributed by atoms with Crippen molar-refractivity contribution in [3.05, 3.63) is 65.4 Å². The molecule has 0 bridgehead atoms. The van der Waals surface area contributed by atoms with Crippen LogP contribution in [0.4, 0.5) is 0 Å². The molecule has 0 unspecified atom stereocenters. The fraction of sp³-hybridized carbons (Fsp3) is 0.105. The van der Waals surface area contributed by atoms with Gasteiger partial charge in [-0.3, -0.25) is 0 Å². The zero-order valence-electron chi connectivity index (χ0n) is 13.8. The topological polar surface area (TPSA) is 94.4 Å². The van der Waals surface area contributed by atoms with Crippen LogP contribution in [0.2, 0.25) is 0 Å². The molecule has 1 aliphatic rings. The van der Waals surface area contributed by atoms with Crippen LogP contribution in [0.5, 0.6) is 11.5 Å². The van der Waals surface area contributed by atoms with Crippen molar-refractivity contribution in [1.29, 1.82) is 0 Å². The van der Waals surface area contributed by atoms with Crippen LogP contribution in [0, 0.1) is 0 Å². The molecule has 2 aromatic rings. The van der Waals surface area contributed by atoms with E-state index in [1.54, 1.807) is 55.6 Å². The summed E-state index contributed by atoms with van der Waals surface area (Å²) < 4.78 is 15.5. The number of aliphatic imine (C=N–C) groups is 1. The van der Waals surface area contributed by atoms with Gasteiger partial charge in [0.25, 0.3) is 0 Å². The van der Waals surface area contributed by atoms with E-state index in [1.807, 2.05) is 0 Å². The average molecular weight is 353 g/mol. The third-order valence-electron chi connectivity index (χ3n) is 3.52. The number of ether oxygens (including phenoxy) is 3. The number of para-hydroxylation sites is 1. The van der Waals surface area contributed by atoms with Crippen LogP contribution in [0.15, 0.2) is 59.2 Å². The van der Waals surface area contributed by atoms with Crippen LogP contribution in [0.1, 0.15) is 11.1 Å². The van der Waals surface area contributed by atoms with Gasteiger partial charge in [-0.2, -0.15) is 0 Å². The number of carboxylic acid groups (broad SMARTS) is 1. The Morgan fingerprint density at radius 1 is 1.19 bits per heavy atom. The Balaban J connectivity index is 1.87. The summed E-state index contributed by atoms with van der Waals surface area (Å²) in [5, 5.41) is 8.74. The molecule has 0 radical (unpaired) electrons. The molecule has 7 nitrogen and oxygen atoms in total. The highest BCUT2D eigenvalue weighted by molar-refractivity contribution is 6.13. The van der Waals surface area contributed by atoms with E-state index in [0.29, 0.717) is 22.6 Å². The van der Waals surface area contributed by atoms with Crippen LogP contribution >= 0.6 is 0 Å². The Labute approximate surface area is 149 Å². The third kappa shape index (κ3) is 3.89. The van der Waals surface area contributed by atoms with Gasteiger partial charge in [-0.25, -0.2) is 14.6 Å². The van der Waals surface area contributed by atoms with Gasteiger partial charge in [0.1, 0.15) is 11.5 Å². The van der Waals surface area contributed by atoms with E-state index in [1.165, 1.54) is 6.08 Å². The molecule has 0 saturated carbocycles. The predicted molar refractivity (Wildman–Crippen MR) is 93.2 cm³/mol. The summed E-state index contributed by atoms with van der Waals surface area (Å²) in [6.07, 6.45) is 1.50. The van der Waals surface area contributed by atoms with Crippen LogP contribution in [-0.4, -0.2) is 36.7 Å². The molecule has 0 aliphatic carbocycles. The molecule has 0 saturated heterocycles. The number of methoxy groups -OCH3 is 1. The fourth-order valence-electron chi connectivity index (χ4n) is 2.28. The number of benzene rings is 2. The summed E-state index contributed by atoms with van der Waals surface area (Å²) in [6.45, 7) is -0.481. The van der Waals surface area contributed by atoms with Gasteiger partial charge < -0.3 is 19.3 Å². The molecule has 1 heterocycles. The lowest BCUT2D eigenvalue weighted by atomic mass is 10.1. The maximum atomic E-state index is 12.1. The molecule has 0 aromatic heterocycles. The normalized spacial score (nSPS) is 14.7. The molecular formula is C19H15NO6.